The summed E-state index contributed by atoms with van der Waals surface area (Å²) in [4.78, 5) is 10.5. The lowest BCUT2D eigenvalue weighted by Gasteiger charge is -2.03. The van der Waals surface area contributed by atoms with Crippen molar-refractivity contribution in [2.24, 2.45) is 0 Å². The monoisotopic (exact) mass is 201 g/mol. The first-order chi connectivity index (χ1) is 6.61. The predicted molar refractivity (Wildman–Crippen MR) is 52.0 cm³/mol. The second-order valence-electron chi connectivity index (χ2n) is 2.28. The zero-order valence-electron chi connectivity index (χ0n) is 8.40. The van der Waals surface area contributed by atoms with Crippen LogP contribution in [0.25, 0.3) is 0 Å². The quantitative estimate of drug-likeness (QED) is 0.743. The molecule has 0 aliphatic carbocycles. The molecule has 0 radical (unpaired) electrons. The second-order valence-corrected chi connectivity index (χ2v) is 2.28. The van der Waals surface area contributed by atoms with Crippen molar-refractivity contribution in [2.75, 3.05) is 5.32 Å². The van der Waals surface area contributed by atoms with Gasteiger partial charge in [-0.15, -0.1) is 0 Å². The summed E-state index contributed by atoms with van der Waals surface area (Å²) in [7, 11) is 0. The number of carbonyl (C=O) groups is 1. The lowest BCUT2D eigenvalue weighted by molar-refractivity contribution is -0.114. The fraction of sp³-hybridized carbons (Fsp3) is 0.300. The normalized spacial score (nSPS) is 8.64. The summed E-state index contributed by atoms with van der Waals surface area (Å²) < 4.78 is 25.5. The molecule has 0 spiro atoms. The number of benzene rings is 1. The average Bonchev–Trinajstić information content (AvgIpc) is 2.15. The van der Waals surface area contributed by atoms with Crippen molar-refractivity contribution in [1.82, 2.24) is 0 Å². The number of para-hydroxylation sites is 1. The summed E-state index contributed by atoms with van der Waals surface area (Å²) in [6, 6.07) is 3.39. The van der Waals surface area contributed by atoms with Crippen LogP contribution in [0.1, 0.15) is 20.8 Å². The van der Waals surface area contributed by atoms with Crippen LogP contribution in [-0.2, 0) is 4.79 Å². The molecular formula is C10H13F2NO. The van der Waals surface area contributed by atoms with Crippen LogP contribution in [0, 0.1) is 11.6 Å². The van der Waals surface area contributed by atoms with E-state index in [0.717, 1.165) is 12.1 Å². The fourth-order valence-electron chi connectivity index (χ4n) is 0.793. The number of carbonyl (C=O) groups excluding carboxylic acids is 1. The predicted octanol–water partition coefficient (Wildman–Crippen LogP) is 2.95. The maximum absolute atomic E-state index is 12.8. The molecule has 4 heteroatoms. The van der Waals surface area contributed by atoms with Crippen molar-refractivity contribution < 1.29 is 13.6 Å². The zero-order chi connectivity index (χ0) is 11.1. The van der Waals surface area contributed by atoms with Crippen molar-refractivity contribution in [3.8, 4) is 0 Å². The molecule has 78 valence electrons. The third-order valence-electron chi connectivity index (χ3n) is 1.26. The van der Waals surface area contributed by atoms with Crippen molar-refractivity contribution in [1.29, 1.82) is 0 Å². The lowest BCUT2D eigenvalue weighted by atomic mass is 10.3. The van der Waals surface area contributed by atoms with Crippen LogP contribution in [-0.4, -0.2) is 5.91 Å². The Kier molecular flexibility index (Phi) is 5.44. The minimum Gasteiger partial charge on any atom is -0.321 e. The van der Waals surface area contributed by atoms with Crippen molar-refractivity contribution >= 4 is 11.6 Å². The van der Waals surface area contributed by atoms with E-state index in [-0.39, 0.29) is 0 Å². The molecule has 2 nitrogen and oxygen atoms in total. The van der Waals surface area contributed by atoms with Crippen LogP contribution in [0.15, 0.2) is 18.2 Å². The summed E-state index contributed by atoms with van der Waals surface area (Å²) in [5.74, 6) is -2.05. The number of hydrogen-bond acceptors (Lipinski definition) is 1. The molecule has 14 heavy (non-hydrogen) atoms. The van der Waals surface area contributed by atoms with Crippen LogP contribution < -0.4 is 5.32 Å². The highest BCUT2D eigenvalue weighted by Crippen LogP contribution is 2.17. The van der Waals surface area contributed by atoms with E-state index in [2.05, 4.69) is 5.32 Å². The van der Waals surface area contributed by atoms with E-state index in [4.69, 9.17) is 0 Å². The van der Waals surface area contributed by atoms with Gasteiger partial charge in [0.1, 0.15) is 17.3 Å². The van der Waals surface area contributed by atoms with E-state index in [9.17, 15) is 13.6 Å². The maximum Gasteiger partial charge on any atom is 0.221 e. The van der Waals surface area contributed by atoms with E-state index >= 15 is 0 Å². The molecule has 0 bridgehead atoms. The molecule has 0 heterocycles. The molecule has 1 aromatic rings. The Labute approximate surface area is 81.9 Å². The van der Waals surface area contributed by atoms with Crippen LogP contribution in [0.3, 0.4) is 0 Å². The highest BCUT2D eigenvalue weighted by Gasteiger charge is 2.08. The number of halogens is 2. The van der Waals surface area contributed by atoms with Crippen molar-refractivity contribution in [2.45, 2.75) is 20.8 Å². The summed E-state index contributed by atoms with van der Waals surface area (Å²) in [6.07, 6.45) is 0. The molecule has 0 saturated heterocycles. The number of anilines is 1. The Morgan fingerprint density at radius 3 is 2.00 bits per heavy atom. The Balaban J connectivity index is 0.000000791. The Hall–Kier alpha value is -1.45. The van der Waals surface area contributed by atoms with Crippen LogP contribution in [0.5, 0.6) is 0 Å². The molecule has 0 aromatic heterocycles. The molecule has 0 unspecified atom stereocenters. The summed E-state index contributed by atoms with van der Waals surface area (Å²) in [6.45, 7) is 5.19. The molecule has 1 aromatic carbocycles. The first-order valence-electron chi connectivity index (χ1n) is 4.33. The zero-order valence-corrected chi connectivity index (χ0v) is 8.40. The smallest absolute Gasteiger partial charge is 0.221 e. The Morgan fingerprint density at radius 1 is 1.21 bits per heavy atom. The van der Waals surface area contributed by atoms with Gasteiger partial charge in [-0.25, -0.2) is 8.78 Å². The molecule has 0 fully saturated rings. The highest BCUT2D eigenvalue weighted by atomic mass is 19.1. The van der Waals surface area contributed by atoms with Gasteiger partial charge in [-0.1, -0.05) is 19.9 Å². The minimum absolute atomic E-state index is 0.398. The van der Waals surface area contributed by atoms with E-state index in [1.807, 2.05) is 13.8 Å². The molecule has 1 N–H and O–H groups in total. The summed E-state index contributed by atoms with van der Waals surface area (Å²) >= 11 is 0. The third-order valence-corrected chi connectivity index (χ3v) is 1.26. The average molecular weight is 201 g/mol. The third kappa shape index (κ3) is 3.51. The molecule has 1 rings (SSSR count). The standard InChI is InChI=1S/C8H7F2NO.C2H6/c1-5(12)11-8-6(9)3-2-4-7(8)10;1-2/h2-4H,1H3,(H,11,12);1-2H3. The molecule has 0 aliphatic rings. The minimum atomic E-state index is -0.773. The number of nitrogens with one attached hydrogen (secondary N) is 1. The van der Waals surface area contributed by atoms with Gasteiger partial charge in [-0.2, -0.15) is 0 Å². The van der Waals surface area contributed by atoms with Gasteiger partial charge in [0.2, 0.25) is 5.91 Å². The topological polar surface area (TPSA) is 29.1 Å². The van der Waals surface area contributed by atoms with Gasteiger partial charge in [0.05, 0.1) is 0 Å². The largest absolute Gasteiger partial charge is 0.321 e. The van der Waals surface area contributed by atoms with Crippen LogP contribution >= 0.6 is 0 Å². The van der Waals surface area contributed by atoms with Crippen molar-refractivity contribution in [3.63, 3.8) is 0 Å². The highest BCUT2D eigenvalue weighted by molar-refractivity contribution is 5.88. The SMILES string of the molecule is CC.CC(=O)Nc1c(F)cccc1F. The summed E-state index contributed by atoms with van der Waals surface area (Å²) in [5.41, 5.74) is -0.398. The van der Waals surface area contributed by atoms with Gasteiger partial charge < -0.3 is 5.32 Å². The van der Waals surface area contributed by atoms with E-state index < -0.39 is 23.2 Å². The van der Waals surface area contributed by atoms with Gasteiger partial charge in [0, 0.05) is 6.92 Å². The van der Waals surface area contributed by atoms with Crippen LogP contribution in [0.4, 0.5) is 14.5 Å². The molecule has 0 atom stereocenters. The van der Waals surface area contributed by atoms with Crippen molar-refractivity contribution in [3.05, 3.63) is 29.8 Å². The first-order valence-corrected chi connectivity index (χ1v) is 4.33. The van der Waals surface area contributed by atoms with E-state index in [1.54, 1.807) is 0 Å². The van der Waals surface area contributed by atoms with Gasteiger partial charge in [-0.3, -0.25) is 4.79 Å². The Morgan fingerprint density at radius 2 is 1.64 bits per heavy atom. The molecular weight excluding hydrogens is 188 g/mol. The van der Waals surface area contributed by atoms with Gasteiger partial charge in [-0.05, 0) is 12.1 Å². The van der Waals surface area contributed by atoms with E-state index in [1.165, 1.54) is 13.0 Å². The summed E-state index contributed by atoms with van der Waals surface area (Å²) in [5, 5.41) is 2.05. The number of hydrogen-bond donors (Lipinski definition) is 1. The first kappa shape index (κ1) is 12.6. The second kappa shape index (κ2) is 6.07. The lowest BCUT2D eigenvalue weighted by Crippen LogP contribution is -2.09. The molecule has 0 aliphatic heterocycles. The van der Waals surface area contributed by atoms with Crippen LogP contribution in [0.2, 0.25) is 0 Å². The maximum atomic E-state index is 12.8. The van der Waals surface area contributed by atoms with Gasteiger partial charge >= 0.3 is 0 Å². The number of amides is 1. The number of rotatable bonds is 1. The molecule has 0 saturated carbocycles. The fourth-order valence-corrected chi connectivity index (χ4v) is 0.793. The van der Waals surface area contributed by atoms with Gasteiger partial charge in [0.15, 0.2) is 0 Å². The molecule has 1 amide bonds. The van der Waals surface area contributed by atoms with Gasteiger partial charge in [0.25, 0.3) is 0 Å². The Bertz CT molecular complexity index is 293. The van der Waals surface area contributed by atoms with E-state index in [0.29, 0.717) is 0 Å².